The Balaban J connectivity index is 1.12. The first-order chi connectivity index (χ1) is 23.7. The van der Waals surface area contributed by atoms with Gasteiger partial charge in [-0.25, -0.2) is 23.7 Å². The summed E-state index contributed by atoms with van der Waals surface area (Å²) in [5.74, 6) is 1.20. The minimum absolute atomic E-state index is 0.0380. The van der Waals surface area contributed by atoms with Gasteiger partial charge in [-0.3, -0.25) is 13.9 Å². The van der Waals surface area contributed by atoms with Crippen molar-refractivity contribution in [1.82, 2.24) is 39.1 Å². The third kappa shape index (κ3) is 6.26. The molecule has 0 aliphatic carbocycles. The highest BCUT2D eigenvalue weighted by atomic mass is 16.5. The molecule has 0 bridgehead atoms. The highest BCUT2D eigenvalue weighted by molar-refractivity contribution is 5.82. The molecule has 5 heterocycles. The van der Waals surface area contributed by atoms with Crippen molar-refractivity contribution < 1.29 is 18.3 Å². The number of methoxy groups -OCH3 is 2. The van der Waals surface area contributed by atoms with Gasteiger partial charge in [-0.2, -0.15) is 0 Å². The third-order valence-electron chi connectivity index (χ3n) is 8.03. The Hall–Kier alpha value is -6.58. The number of rotatable bonds is 10. The van der Waals surface area contributed by atoms with Crippen LogP contribution in [0.4, 0.5) is 0 Å². The number of ether oxygens (including phenoxy) is 2. The Morgan fingerprint density at radius 3 is 1.61 bits per heavy atom. The topological polar surface area (TPSA) is 184 Å². The van der Waals surface area contributed by atoms with Crippen molar-refractivity contribution in [2.45, 2.75) is 33.1 Å². The van der Waals surface area contributed by atoms with E-state index in [1.807, 2.05) is 0 Å². The summed E-state index contributed by atoms with van der Waals surface area (Å²) >= 11 is 0. The van der Waals surface area contributed by atoms with Crippen LogP contribution in [0.3, 0.4) is 0 Å². The smallest absolute Gasteiger partial charge is 0.336 e. The lowest BCUT2D eigenvalue weighted by Gasteiger charge is -2.11. The zero-order valence-corrected chi connectivity index (χ0v) is 26.5. The molecule has 0 radical (unpaired) electrons. The standard InChI is InChI=1S/C33H28N8O8/c1-19-8-30(42)41(18-23-16-39(37-35-23)14-21-10-32(44)49-29-7-5-25(47-3)12-27(21)29)33(45)40(19)17-22-15-38(36-34-22)13-20-9-31(43)48-28-6-4-24(46-2)11-26(20)28/h4-12,15-16H,13-14,17-18H2,1-3H3. The Bertz CT molecular complexity index is 2610. The van der Waals surface area contributed by atoms with Gasteiger partial charge < -0.3 is 18.3 Å². The summed E-state index contributed by atoms with van der Waals surface area (Å²) in [5.41, 5.74) is 1.28. The van der Waals surface area contributed by atoms with Gasteiger partial charge in [0, 0.05) is 34.7 Å². The largest absolute Gasteiger partial charge is 0.497 e. The molecule has 7 aromatic rings. The van der Waals surface area contributed by atoms with Crippen LogP contribution in [0.5, 0.6) is 11.5 Å². The molecule has 49 heavy (non-hydrogen) atoms. The Morgan fingerprint density at radius 2 is 1.12 bits per heavy atom. The second-order valence-electron chi connectivity index (χ2n) is 11.3. The van der Waals surface area contributed by atoms with Crippen LogP contribution in [-0.2, 0) is 26.2 Å². The maximum atomic E-state index is 13.6. The lowest BCUT2D eigenvalue weighted by molar-refractivity contribution is 0.415. The lowest BCUT2D eigenvalue weighted by Crippen LogP contribution is -2.41. The molecule has 0 N–H and O–H groups in total. The first-order valence-corrected chi connectivity index (χ1v) is 15.0. The first-order valence-electron chi connectivity index (χ1n) is 15.0. The van der Waals surface area contributed by atoms with Crippen LogP contribution in [-0.4, -0.2) is 53.3 Å². The molecule has 0 aliphatic rings. The van der Waals surface area contributed by atoms with Gasteiger partial charge in [0.15, 0.2) is 0 Å². The second kappa shape index (κ2) is 12.6. The zero-order chi connectivity index (χ0) is 34.2. The Kier molecular flexibility index (Phi) is 7.95. The minimum atomic E-state index is -0.563. The van der Waals surface area contributed by atoms with Gasteiger partial charge in [-0.1, -0.05) is 10.4 Å². The maximum absolute atomic E-state index is 13.6. The van der Waals surface area contributed by atoms with Gasteiger partial charge in [0.05, 0.1) is 52.8 Å². The molecule has 0 saturated carbocycles. The molecule has 7 rings (SSSR count). The SMILES string of the molecule is COc1ccc2oc(=O)cc(Cn3cc(Cn4c(C)cc(=O)n(Cc5cn(Cc6cc(=O)oc7ccc(OC)cc67)nn5)c4=O)nn3)c2c1. The predicted octanol–water partition coefficient (Wildman–Crippen LogP) is 1.92. The Morgan fingerprint density at radius 1 is 0.633 bits per heavy atom. The second-order valence-corrected chi connectivity index (χ2v) is 11.3. The van der Waals surface area contributed by atoms with E-state index >= 15 is 0 Å². The maximum Gasteiger partial charge on any atom is 0.336 e. The van der Waals surface area contributed by atoms with Crippen molar-refractivity contribution in [2.24, 2.45) is 0 Å². The molecule has 16 nitrogen and oxygen atoms in total. The number of fused-ring (bicyclic) bond motifs is 2. The molecule has 0 fully saturated rings. The highest BCUT2D eigenvalue weighted by Gasteiger charge is 2.16. The average molecular weight is 665 g/mol. The Labute approximate surface area is 275 Å². The number of benzene rings is 2. The molecule has 248 valence electrons. The van der Waals surface area contributed by atoms with E-state index in [0.29, 0.717) is 61.6 Å². The van der Waals surface area contributed by atoms with Crippen molar-refractivity contribution in [2.75, 3.05) is 14.2 Å². The summed E-state index contributed by atoms with van der Waals surface area (Å²) in [6, 6.07) is 14.4. The molecule has 0 atom stereocenters. The van der Waals surface area contributed by atoms with Crippen molar-refractivity contribution >= 4 is 21.9 Å². The zero-order valence-electron chi connectivity index (χ0n) is 26.5. The van der Waals surface area contributed by atoms with Gasteiger partial charge in [-0.15, -0.1) is 10.2 Å². The number of hydrogen-bond donors (Lipinski definition) is 0. The van der Waals surface area contributed by atoms with Gasteiger partial charge in [-0.05, 0) is 54.4 Å². The van der Waals surface area contributed by atoms with Crippen molar-refractivity contribution in [3.05, 3.63) is 137 Å². The van der Waals surface area contributed by atoms with E-state index in [-0.39, 0.29) is 26.2 Å². The molecule has 0 saturated heterocycles. The summed E-state index contributed by atoms with van der Waals surface area (Å²) in [6.45, 7) is 1.95. The molecule has 0 unspecified atom stereocenters. The van der Waals surface area contributed by atoms with Crippen LogP contribution < -0.4 is 32.0 Å². The minimum Gasteiger partial charge on any atom is -0.497 e. The average Bonchev–Trinajstić information content (AvgIpc) is 3.73. The summed E-state index contributed by atoms with van der Waals surface area (Å²) in [5, 5.41) is 18.1. The normalized spacial score (nSPS) is 11.4. The van der Waals surface area contributed by atoms with Crippen LogP contribution in [0.15, 0.2) is 95.0 Å². The van der Waals surface area contributed by atoms with Gasteiger partial charge in [0.25, 0.3) is 5.56 Å². The molecule has 0 aliphatic heterocycles. The molecule has 16 heteroatoms. The van der Waals surface area contributed by atoms with Crippen LogP contribution in [0.2, 0.25) is 0 Å². The van der Waals surface area contributed by atoms with Crippen LogP contribution >= 0.6 is 0 Å². The summed E-state index contributed by atoms with van der Waals surface area (Å²) in [7, 11) is 3.09. The molecule has 2 aromatic carbocycles. The lowest BCUT2D eigenvalue weighted by atomic mass is 10.1. The van der Waals surface area contributed by atoms with E-state index in [9.17, 15) is 19.2 Å². The van der Waals surface area contributed by atoms with Crippen molar-refractivity contribution in [1.29, 1.82) is 0 Å². The van der Waals surface area contributed by atoms with Crippen LogP contribution in [0, 0.1) is 6.92 Å². The molecular formula is C33H28N8O8. The van der Waals surface area contributed by atoms with E-state index < -0.39 is 22.5 Å². The van der Waals surface area contributed by atoms with E-state index in [1.54, 1.807) is 74.6 Å². The van der Waals surface area contributed by atoms with Crippen LogP contribution in [0.25, 0.3) is 21.9 Å². The monoisotopic (exact) mass is 664 g/mol. The van der Waals surface area contributed by atoms with Crippen molar-refractivity contribution in [3.8, 4) is 11.5 Å². The van der Waals surface area contributed by atoms with E-state index in [2.05, 4.69) is 20.6 Å². The fourth-order valence-electron chi connectivity index (χ4n) is 5.64. The van der Waals surface area contributed by atoms with E-state index in [4.69, 9.17) is 18.3 Å². The number of nitrogens with zero attached hydrogens (tertiary/aromatic N) is 8. The van der Waals surface area contributed by atoms with Gasteiger partial charge in [0.2, 0.25) is 0 Å². The van der Waals surface area contributed by atoms with Gasteiger partial charge in [0.1, 0.15) is 34.1 Å². The summed E-state index contributed by atoms with van der Waals surface area (Å²) in [4.78, 5) is 50.9. The fourth-order valence-corrected chi connectivity index (χ4v) is 5.64. The molecule has 5 aromatic heterocycles. The highest BCUT2D eigenvalue weighted by Crippen LogP contribution is 2.24. The van der Waals surface area contributed by atoms with Crippen molar-refractivity contribution in [3.63, 3.8) is 0 Å². The van der Waals surface area contributed by atoms with Crippen LogP contribution in [0.1, 0.15) is 28.2 Å². The number of hydrogen-bond acceptors (Lipinski definition) is 12. The number of aryl methyl sites for hydroxylation is 1. The quantitative estimate of drug-likeness (QED) is 0.194. The summed E-state index contributed by atoms with van der Waals surface area (Å²) in [6.07, 6.45) is 3.27. The number of aromatic nitrogens is 8. The molecular weight excluding hydrogens is 636 g/mol. The fraction of sp³-hybridized carbons (Fsp3) is 0.212. The molecule has 0 amide bonds. The third-order valence-corrected chi connectivity index (χ3v) is 8.03. The van der Waals surface area contributed by atoms with E-state index in [1.165, 1.54) is 27.4 Å². The summed E-state index contributed by atoms with van der Waals surface area (Å²) < 4.78 is 26.8. The van der Waals surface area contributed by atoms with E-state index in [0.717, 1.165) is 4.57 Å². The molecule has 0 spiro atoms. The first kappa shape index (κ1) is 31.0. The van der Waals surface area contributed by atoms with Gasteiger partial charge >= 0.3 is 16.9 Å². The predicted molar refractivity (Wildman–Crippen MR) is 174 cm³/mol.